The number of allylic oxidation sites excluding steroid dienone is 2. The summed E-state index contributed by atoms with van der Waals surface area (Å²) in [6, 6.07) is 9.44. The van der Waals surface area contributed by atoms with Gasteiger partial charge in [0.1, 0.15) is 0 Å². The number of ether oxygens (including phenoxy) is 2. The maximum Gasteiger partial charge on any atom is 0.335 e. The molecule has 1 N–H and O–H groups in total. The van der Waals surface area contributed by atoms with Crippen molar-refractivity contribution in [1.82, 2.24) is 0 Å². The normalized spacial score (nSPS) is 14.7. The Balaban J connectivity index is 2.34. The van der Waals surface area contributed by atoms with E-state index in [2.05, 4.69) is 21.2 Å². The Morgan fingerprint density at radius 1 is 1.00 bits per heavy atom. The van der Waals surface area contributed by atoms with Gasteiger partial charge in [-0.2, -0.15) is 0 Å². The summed E-state index contributed by atoms with van der Waals surface area (Å²) in [6.07, 6.45) is 0.554. The van der Waals surface area contributed by atoms with E-state index in [1.54, 1.807) is 0 Å². The lowest BCUT2D eigenvalue weighted by molar-refractivity contribution is -0.137. The number of carbonyl (C=O) groups excluding carboxylic acids is 2. The molecule has 0 bridgehead atoms. The number of rotatable bonds is 4. The SMILES string of the molecule is COC(=O)C1=C(Br)CC(C(=O)OC)=C(Nc2ccccc2)C1. The molecule has 1 aromatic rings. The number of nitrogens with one attached hydrogen (secondary N) is 1. The lowest BCUT2D eigenvalue weighted by Gasteiger charge is -2.22. The highest BCUT2D eigenvalue weighted by Gasteiger charge is 2.28. The molecule has 0 spiro atoms. The van der Waals surface area contributed by atoms with Gasteiger partial charge in [0.05, 0.1) is 25.4 Å². The molecule has 1 aliphatic carbocycles. The lowest BCUT2D eigenvalue weighted by Crippen LogP contribution is -2.20. The highest BCUT2D eigenvalue weighted by atomic mass is 79.9. The third kappa shape index (κ3) is 3.57. The van der Waals surface area contributed by atoms with Gasteiger partial charge in [0.25, 0.3) is 0 Å². The van der Waals surface area contributed by atoms with E-state index < -0.39 is 11.9 Å². The van der Waals surface area contributed by atoms with Crippen molar-refractivity contribution in [3.8, 4) is 0 Å². The molecule has 1 aromatic carbocycles. The Labute approximate surface area is 137 Å². The Bertz CT molecular complexity index is 649. The minimum absolute atomic E-state index is 0.270. The fourth-order valence-corrected chi connectivity index (χ4v) is 2.77. The Kier molecular flexibility index (Phi) is 5.38. The topological polar surface area (TPSA) is 64.6 Å². The van der Waals surface area contributed by atoms with E-state index in [0.29, 0.717) is 21.3 Å². The minimum Gasteiger partial charge on any atom is -0.466 e. The van der Waals surface area contributed by atoms with Gasteiger partial charge in [-0.05, 0) is 12.1 Å². The van der Waals surface area contributed by atoms with Crippen LogP contribution in [-0.4, -0.2) is 26.2 Å². The molecule has 0 saturated carbocycles. The summed E-state index contributed by atoms with van der Waals surface area (Å²) in [6.45, 7) is 0. The predicted molar refractivity (Wildman–Crippen MR) is 86.3 cm³/mol. The van der Waals surface area contributed by atoms with Crippen molar-refractivity contribution < 1.29 is 19.1 Å². The molecule has 0 aromatic heterocycles. The zero-order chi connectivity index (χ0) is 16.1. The number of esters is 2. The van der Waals surface area contributed by atoms with Crippen LogP contribution in [-0.2, 0) is 19.1 Å². The molecule has 0 heterocycles. The highest BCUT2D eigenvalue weighted by molar-refractivity contribution is 9.11. The zero-order valence-corrected chi connectivity index (χ0v) is 13.9. The van der Waals surface area contributed by atoms with Crippen molar-refractivity contribution in [2.45, 2.75) is 12.8 Å². The summed E-state index contributed by atoms with van der Waals surface area (Å²) in [5, 5.41) is 3.19. The summed E-state index contributed by atoms with van der Waals surface area (Å²) < 4.78 is 10.3. The van der Waals surface area contributed by atoms with Crippen LogP contribution in [0.2, 0.25) is 0 Å². The molecule has 2 rings (SSSR count). The summed E-state index contributed by atoms with van der Waals surface area (Å²) >= 11 is 3.36. The van der Waals surface area contributed by atoms with Gasteiger partial charge in [0.15, 0.2) is 0 Å². The number of benzene rings is 1. The molecule has 116 valence electrons. The van der Waals surface area contributed by atoms with Crippen molar-refractivity contribution in [2.75, 3.05) is 19.5 Å². The summed E-state index contributed by atoms with van der Waals surface area (Å²) in [4.78, 5) is 23.8. The highest BCUT2D eigenvalue weighted by Crippen LogP contribution is 2.35. The molecule has 1 aliphatic rings. The van der Waals surface area contributed by atoms with Gasteiger partial charge in [-0.15, -0.1) is 0 Å². The molecule has 0 amide bonds. The molecule has 0 atom stereocenters. The first-order valence-electron chi connectivity index (χ1n) is 6.65. The van der Waals surface area contributed by atoms with E-state index in [4.69, 9.17) is 9.47 Å². The van der Waals surface area contributed by atoms with E-state index in [9.17, 15) is 9.59 Å². The van der Waals surface area contributed by atoms with Crippen LogP contribution in [0, 0.1) is 0 Å². The molecular formula is C16H16BrNO4. The number of carbonyl (C=O) groups is 2. The smallest absolute Gasteiger partial charge is 0.335 e. The van der Waals surface area contributed by atoms with E-state index in [1.165, 1.54) is 14.2 Å². The minimum atomic E-state index is -0.417. The van der Waals surface area contributed by atoms with Crippen LogP contribution in [0.25, 0.3) is 0 Å². The number of hydrogen-bond donors (Lipinski definition) is 1. The summed E-state index contributed by atoms with van der Waals surface area (Å²) in [5.41, 5.74) is 2.46. The van der Waals surface area contributed by atoms with E-state index >= 15 is 0 Å². The monoisotopic (exact) mass is 365 g/mol. The predicted octanol–water partition coefficient (Wildman–Crippen LogP) is 3.14. The molecule has 0 aliphatic heterocycles. The lowest BCUT2D eigenvalue weighted by atomic mass is 9.95. The fourth-order valence-electron chi connectivity index (χ4n) is 2.19. The maximum absolute atomic E-state index is 12.0. The van der Waals surface area contributed by atoms with Crippen LogP contribution in [0.1, 0.15) is 12.8 Å². The van der Waals surface area contributed by atoms with Crippen LogP contribution in [0.3, 0.4) is 0 Å². The van der Waals surface area contributed by atoms with Crippen LogP contribution in [0.4, 0.5) is 5.69 Å². The number of para-hydroxylation sites is 1. The molecule has 22 heavy (non-hydrogen) atoms. The van der Waals surface area contributed by atoms with Crippen LogP contribution in [0.5, 0.6) is 0 Å². The van der Waals surface area contributed by atoms with E-state index in [-0.39, 0.29) is 12.8 Å². The first kappa shape index (κ1) is 16.3. The second kappa shape index (κ2) is 7.26. The van der Waals surface area contributed by atoms with Gasteiger partial charge < -0.3 is 14.8 Å². The second-order valence-electron chi connectivity index (χ2n) is 4.67. The molecule has 6 heteroatoms. The molecular weight excluding hydrogens is 350 g/mol. The molecule has 0 radical (unpaired) electrons. The van der Waals surface area contributed by atoms with Crippen molar-refractivity contribution in [3.63, 3.8) is 0 Å². The van der Waals surface area contributed by atoms with Gasteiger partial charge in [0, 0.05) is 28.7 Å². The number of methoxy groups -OCH3 is 2. The molecule has 5 nitrogen and oxygen atoms in total. The van der Waals surface area contributed by atoms with Crippen molar-refractivity contribution in [2.24, 2.45) is 0 Å². The van der Waals surface area contributed by atoms with Crippen molar-refractivity contribution in [3.05, 3.63) is 51.7 Å². The Morgan fingerprint density at radius 2 is 1.59 bits per heavy atom. The third-order valence-electron chi connectivity index (χ3n) is 3.31. The number of hydrogen-bond acceptors (Lipinski definition) is 5. The largest absolute Gasteiger partial charge is 0.466 e. The van der Waals surface area contributed by atoms with Gasteiger partial charge in [-0.1, -0.05) is 34.1 Å². The first-order chi connectivity index (χ1) is 10.6. The molecule has 0 saturated heterocycles. The van der Waals surface area contributed by atoms with Gasteiger partial charge >= 0.3 is 11.9 Å². The van der Waals surface area contributed by atoms with E-state index in [1.807, 2.05) is 30.3 Å². The number of anilines is 1. The first-order valence-corrected chi connectivity index (χ1v) is 7.44. The van der Waals surface area contributed by atoms with Crippen LogP contribution in [0.15, 0.2) is 51.7 Å². The van der Waals surface area contributed by atoms with Crippen LogP contribution >= 0.6 is 15.9 Å². The van der Waals surface area contributed by atoms with Crippen molar-refractivity contribution >= 4 is 33.6 Å². The molecule has 0 unspecified atom stereocenters. The van der Waals surface area contributed by atoms with Crippen molar-refractivity contribution in [1.29, 1.82) is 0 Å². The summed E-state index contributed by atoms with van der Waals surface area (Å²) in [5.74, 6) is -0.831. The van der Waals surface area contributed by atoms with E-state index in [0.717, 1.165) is 5.69 Å². The third-order valence-corrected chi connectivity index (χ3v) is 4.07. The zero-order valence-electron chi connectivity index (χ0n) is 12.3. The maximum atomic E-state index is 12.0. The standard InChI is InChI=1S/C16H16BrNO4/c1-21-15(19)11-9-14(18-10-6-4-3-5-7-10)12(8-13(11)17)16(20)22-2/h3-7,18H,8-9H2,1-2H3. The average Bonchev–Trinajstić information content (AvgIpc) is 2.55. The van der Waals surface area contributed by atoms with Gasteiger partial charge in [-0.25, -0.2) is 9.59 Å². The van der Waals surface area contributed by atoms with Gasteiger partial charge in [-0.3, -0.25) is 0 Å². The second-order valence-corrected chi connectivity index (χ2v) is 5.63. The Morgan fingerprint density at radius 3 is 2.18 bits per heavy atom. The van der Waals surface area contributed by atoms with Gasteiger partial charge in [0.2, 0.25) is 0 Å². The average molecular weight is 366 g/mol. The van der Waals surface area contributed by atoms with Crippen LogP contribution < -0.4 is 5.32 Å². The quantitative estimate of drug-likeness (QED) is 0.830. The molecule has 0 fully saturated rings. The number of halogens is 1. The Hall–Kier alpha value is -2.08. The summed E-state index contributed by atoms with van der Waals surface area (Å²) in [7, 11) is 2.67. The fraction of sp³-hybridized carbons (Fsp3) is 0.250.